The maximum Gasteiger partial charge on any atom is 0.416 e. The second-order valence-electron chi connectivity index (χ2n) is 7.95. The number of rotatable bonds is 5. The Balaban J connectivity index is 1.68. The summed E-state index contributed by atoms with van der Waals surface area (Å²) in [6.45, 7) is 1.95. The molecule has 0 atom stereocenters. The number of pyridine rings is 1. The summed E-state index contributed by atoms with van der Waals surface area (Å²) in [4.78, 5) is 17.2. The SMILES string of the molecule is Cc1ccc(NC(=O)c2cc(C(F)(F)F)ccc2CCC#N)cc1-c1ccc2ccncc2c1. The van der Waals surface area contributed by atoms with E-state index in [0.29, 0.717) is 11.3 Å². The second kappa shape index (κ2) is 9.36. The zero-order chi connectivity index (χ0) is 24.3. The van der Waals surface area contributed by atoms with Gasteiger partial charge in [0.05, 0.1) is 11.6 Å². The molecule has 7 heteroatoms. The van der Waals surface area contributed by atoms with Gasteiger partial charge in [0.2, 0.25) is 0 Å². The molecule has 4 rings (SSSR count). The Bertz CT molecular complexity index is 1420. The lowest BCUT2D eigenvalue weighted by Crippen LogP contribution is -2.16. The zero-order valence-corrected chi connectivity index (χ0v) is 18.3. The molecule has 4 aromatic rings. The van der Waals surface area contributed by atoms with E-state index in [9.17, 15) is 18.0 Å². The van der Waals surface area contributed by atoms with E-state index in [0.717, 1.165) is 39.6 Å². The van der Waals surface area contributed by atoms with Crippen molar-refractivity contribution in [3.05, 3.63) is 95.3 Å². The topological polar surface area (TPSA) is 65.8 Å². The average Bonchev–Trinajstić information content (AvgIpc) is 2.83. The maximum absolute atomic E-state index is 13.2. The summed E-state index contributed by atoms with van der Waals surface area (Å²) in [6, 6.07) is 18.2. The third-order valence-electron chi connectivity index (χ3n) is 5.63. The molecule has 34 heavy (non-hydrogen) atoms. The molecular formula is C27H20F3N3O. The first-order chi connectivity index (χ1) is 16.3. The quantitative estimate of drug-likeness (QED) is 0.352. The number of aromatic nitrogens is 1. The van der Waals surface area contributed by atoms with Gasteiger partial charge in [-0.1, -0.05) is 24.3 Å². The van der Waals surface area contributed by atoms with Crippen LogP contribution in [0, 0.1) is 18.3 Å². The number of anilines is 1. The smallest absolute Gasteiger partial charge is 0.322 e. The molecule has 0 fully saturated rings. The van der Waals surface area contributed by atoms with Crippen LogP contribution in [0.25, 0.3) is 21.9 Å². The minimum absolute atomic E-state index is 0.0935. The molecule has 1 aromatic heterocycles. The number of fused-ring (bicyclic) bond motifs is 1. The number of nitriles is 1. The molecule has 0 radical (unpaired) electrons. The van der Waals surface area contributed by atoms with Gasteiger partial charge in [0, 0.05) is 35.5 Å². The van der Waals surface area contributed by atoms with Crippen molar-refractivity contribution in [3.8, 4) is 17.2 Å². The average molecular weight is 459 g/mol. The summed E-state index contributed by atoms with van der Waals surface area (Å²) in [5, 5.41) is 13.6. The standard InChI is InChI=1S/C27H20F3N3O/c1-17-4-9-23(15-24(17)20-6-5-18-10-12-32-16-21(18)13-20)33-26(34)25-14-22(27(28,29)30)8-7-19(25)3-2-11-31/h4-10,12-16H,2-3H2,1H3,(H,33,34). The first kappa shape index (κ1) is 23.0. The van der Waals surface area contributed by atoms with Crippen molar-refractivity contribution in [2.75, 3.05) is 5.32 Å². The lowest BCUT2D eigenvalue weighted by atomic mass is 9.97. The number of nitrogens with one attached hydrogen (secondary N) is 1. The molecule has 0 aliphatic rings. The number of alkyl halides is 3. The van der Waals surface area contributed by atoms with Crippen LogP contribution in [0.5, 0.6) is 0 Å². The van der Waals surface area contributed by atoms with Crippen molar-refractivity contribution in [2.45, 2.75) is 25.9 Å². The summed E-state index contributed by atoms with van der Waals surface area (Å²) in [5.41, 5.74) is 2.65. The highest BCUT2D eigenvalue weighted by Gasteiger charge is 2.31. The first-order valence-electron chi connectivity index (χ1n) is 10.6. The van der Waals surface area contributed by atoms with Crippen LogP contribution >= 0.6 is 0 Å². The highest BCUT2D eigenvalue weighted by Crippen LogP contribution is 2.32. The number of amides is 1. The van der Waals surface area contributed by atoms with Crippen LogP contribution in [0.3, 0.4) is 0 Å². The van der Waals surface area contributed by atoms with Crippen molar-refractivity contribution >= 4 is 22.4 Å². The normalized spacial score (nSPS) is 11.3. The van der Waals surface area contributed by atoms with Gasteiger partial charge in [-0.2, -0.15) is 18.4 Å². The van der Waals surface area contributed by atoms with Crippen LogP contribution in [0.4, 0.5) is 18.9 Å². The Kier molecular flexibility index (Phi) is 6.33. The van der Waals surface area contributed by atoms with Crippen molar-refractivity contribution < 1.29 is 18.0 Å². The van der Waals surface area contributed by atoms with E-state index in [4.69, 9.17) is 5.26 Å². The van der Waals surface area contributed by atoms with E-state index >= 15 is 0 Å². The molecule has 0 aliphatic heterocycles. The van der Waals surface area contributed by atoms with Gasteiger partial charge in [0.25, 0.3) is 5.91 Å². The summed E-state index contributed by atoms with van der Waals surface area (Å²) >= 11 is 0. The molecule has 0 unspecified atom stereocenters. The van der Waals surface area contributed by atoms with E-state index < -0.39 is 17.6 Å². The Labute approximate surface area is 194 Å². The summed E-state index contributed by atoms with van der Waals surface area (Å²) in [5.74, 6) is -0.656. The van der Waals surface area contributed by atoms with E-state index in [-0.39, 0.29) is 18.4 Å². The Morgan fingerprint density at radius 3 is 2.62 bits per heavy atom. The second-order valence-corrected chi connectivity index (χ2v) is 7.95. The monoisotopic (exact) mass is 459 g/mol. The molecule has 170 valence electrons. The third-order valence-corrected chi connectivity index (χ3v) is 5.63. The van der Waals surface area contributed by atoms with Gasteiger partial charge in [-0.15, -0.1) is 0 Å². The lowest BCUT2D eigenvalue weighted by molar-refractivity contribution is -0.137. The number of halogens is 3. The van der Waals surface area contributed by atoms with Crippen molar-refractivity contribution in [3.63, 3.8) is 0 Å². The first-order valence-corrected chi connectivity index (χ1v) is 10.6. The number of nitrogens with zero attached hydrogens (tertiary/aromatic N) is 2. The van der Waals surface area contributed by atoms with Crippen molar-refractivity contribution in [1.29, 1.82) is 5.26 Å². The van der Waals surface area contributed by atoms with Crippen molar-refractivity contribution in [1.82, 2.24) is 4.98 Å². The fraction of sp³-hybridized carbons (Fsp3) is 0.148. The lowest BCUT2D eigenvalue weighted by Gasteiger charge is -2.15. The van der Waals surface area contributed by atoms with Gasteiger partial charge in [0.1, 0.15) is 0 Å². The van der Waals surface area contributed by atoms with Gasteiger partial charge in [-0.05, 0) is 77.4 Å². The minimum atomic E-state index is -4.58. The predicted octanol–water partition coefficient (Wildman–Crippen LogP) is 6.94. The largest absolute Gasteiger partial charge is 0.416 e. The van der Waals surface area contributed by atoms with Crippen LogP contribution in [-0.2, 0) is 12.6 Å². The molecule has 1 amide bonds. The highest BCUT2D eigenvalue weighted by molar-refractivity contribution is 6.06. The molecule has 3 aromatic carbocycles. The van der Waals surface area contributed by atoms with Gasteiger partial charge in [-0.25, -0.2) is 0 Å². The number of hydrogen-bond donors (Lipinski definition) is 1. The molecule has 1 N–H and O–H groups in total. The molecule has 0 spiro atoms. The molecule has 0 bridgehead atoms. The minimum Gasteiger partial charge on any atom is -0.322 e. The predicted molar refractivity (Wildman–Crippen MR) is 125 cm³/mol. The highest BCUT2D eigenvalue weighted by atomic mass is 19.4. The van der Waals surface area contributed by atoms with Crippen LogP contribution in [-0.4, -0.2) is 10.9 Å². The van der Waals surface area contributed by atoms with E-state index in [1.165, 1.54) is 6.07 Å². The van der Waals surface area contributed by atoms with Gasteiger partial charge < -0.3 is 5.32 Å². The summed E-state index contributed by atoms with van der Waals surface area (Å²) in [6.07, 6.45) is -0.804. The van der Waals surface area contributed by atoms with Crippen LogP contribution in [0.15, 0.2) is 73.1 Å². The van der Waals surface area contributed by atoms with Gasteiger partial charge >= 0.3 is 6.18 Å². The third kappa shape index (κ3) is 4.91. The van der Waals surface area contributed by atoms with E-state index in [2.05, 4.69) is 10.3 Å². The number of hydrogen-bond acceptors (Lipinski definition) is 3. The molecular weight excluding hydrogens is 439 g/mol. The molecule has 1 heterocycles. The van der Waals surface area contributed by atoms with Crippen LogP contribution in [0.1, 0.15) is 33.5 Å². The van der Waals surface area contributed by atoms with E-state index in [1.807, 2.05) is 43.3 Å². The fourth-order valence-corrected chi connectivity index (χ4v) is 3.83. The number of carbonyl (C=O) groups excluding carboxylic acids is 1. The van der Waals surface area contributed by atoms with Gasteiger partial charge in [-0.3, -0.25) is 9.78 Å². The molecule has 0 aliphatic carbocycles. The Morgan fingerprint density at radius 1 is 1.03 bits per heavy atom. The van der Waals surface area contributed by atoms with Crippen molar-refractivity contribution in [2.24, 2.45) is 0 Å². The Morgan fingerprint density at radius 2 is 1.85 bits per heavy atom. The maximum atomic E-state index is 13.2. The zero-order valence-electron chi connectivity index (χ0n) is 18.3. The number of aryl methyl sites for hydroxylation is 2. The molecule has 0 saturated carbocycles. The summed E-state index contributed by atoms with van der Waals surface area (Å²) in [7, 11) is 0. The fourth-order valence-electron chi connectivity index (χ4n) is 3.83. The Hall–Kier alpha value is -4.18. The van der Waals surface area contributed by atoms with Gasteiger partial charge in [0.15, 0.2) is 0 Å². The number of carbonyl (C=O) groups is 1. The summed E-state index contributed by atoms with van der Waals surface area (Å²) < 4.78 is 39.7. The molecule has 4 nitrogen and oxygen atoms in total. The van der Waals surface area contributed by atoms with Crippen LogP contribution < -0.4 is 5.32 Å². The van der Waals surface area contributed by atoms with E-state index in [1.54, 1.807) is 24.5 Å². The number of benzene rings is 3. The van der Waals surface area contributed by atoms with Crippen LogP contribution in [0.2, 0.25) is 0 Å². The molecule has 0 saturated heterocycles.